The molecule has 1 N–H and O–H groups in total. The Morgan fingerprint density at radius 3 is 2.39 bits per heavy atom. The van der Waals surface area contributed by atoms with Gasteiger partial charge in [-0.3, -0.25) is 9.59 Å². The summed E-state index contributed by atoms with van der Waals surface area (Å²) in [5.74, 6) is -0.164. The number of amides is 2. The van der Waals surface area contributed by atoms with Gasteiger partial charge >= 0.3 is 0 Å². The van der Waals surface area contributed by atoms with E-state index in [0.29, 0.717) is 18.7 Å². The van der Waals surface area contributed by atoms with Gasteiger partial charge in [-0.1, -0.05) is 32.0 Å². The Hall–Kier alpha value is -2.89. The first kappa shape index (κ1) is 24.4. The van der Waals surface area contributed by atoms with E-state index >= 15 is 0 Å². The SMILES string of the molecule is CCCNC(=O)C(CC)N(Cc1ccc(F)cc1)C(=O)COc1cc(C)cc(C)c1C. The molecule has 0 radical (unpaired) electrons. The van der Waals surface area contributed by atoms with Crippen LogP contribution in [0, 0.1) is 26.6 Å². The molecule has 5 nitrogen and oxygen atoms in total. The van der Waals surface area contributed by atoms with Crippen LogP contribution in [0.4, 0.5) is 4.39 Å². The Bertz CT molecular complexity index is 896. The van der Waals surface area contributed by atoms with Gasteiger partial charge in [0, 0.05) is 13.1 Å². The number of benzene rings is 2. The lowest BCUT2D eigenvalue weighted by molar-refractivity contribution is -0.143. The Balaban J connectivity index is 2.24. The second-order valence-corrected chi connectivity index (χ2v) is 7.86. The lowest BCUT2D eigenvalue weighted by Crippen LogP contribution is -2.50. The zero-order valence-electron chi connectivity index (χ0n) is 19.1. The molecule has 1 atom stereocenters. The number of ether oxygens (including phenoxy) is 1. The molecule has 1 unspecified atom stereocenters. The van der Waals surface area contributed by atoms with Crippen molar-refractivity contribution in [1.82, 2.24) is 10.2 Å². The van der Waals surface area contributed by atoms with Crippen LogP contribution < -0.4 is 10.1 Å². The van der Waals surface area contributed by atoms with Crippen molar-refractivity contribution in [2.45, 2.75) is 60.0 Å². The minimum atomic E-state index is -0.631. The van der Waals surface area contributed by atoms with Gasteiger partial charge in [-0.05, 0) is 74.1 Å². The molecule has 2 rings (SSSR count). The number of halogens is 1. The van der Waals surface area contributed by atoms with Crippen LogP contribution in [0.3, 0.4) is 0 Å². The number of aryl methyl sites for hydroxylation is 2. The summed E-state index contributed by atoms with van der Waals surface area (Å²) in [6.07, 6.45) is 1.27. The molecular formula is C25H33FN2O3. The molecule has 2 aromatic carbocycles. The van der Waals surface area contributed by atoms with Gasteiger partial charge in [-0.15, -0.1) is 0 Å². The number of nitrogens with one attached hydrogen (secondary N) is 1. The van der Waals surface area contributed by atoms with Crippen molar-refractivity contribution >= 4 is 11.8 Å². The maximum absolute atomic E-state index is 13.3. The van der Waals surface area contributed by atoms with Gasteiger partial charge in [-0.2, -0.15) is 0 Å². The molecule has 0 spiro atoms. The highest BCUT2D eigenvalue weighted by molar-refractivity contribution is 5.88. The molecule has 2 aromatic rings. The molecule has 0 aliphatic rings. The van der Waals surface area contributed by atoms with Crippen LogP contribution >= 0.6 is 0 Å². The van der Waals surface area contributed by atoms with Crippen molar-refractivity contribution in [1.29, 1.82) is 0 Å². The van der Waals surface area contributed by atoms with Gasteiger partial charge in [-0.25, -0.2) is 4.39 Å². The largest absolute Gasteiger partial charge is 0.483 e. The third kappa shape index (κ3) is 6.81. The quantitative estimate of drug-likeness (QED) is 0.608. The fraction of sp³-hybridized carbons (Fsp3) is 0.440. The number of carbonyl (C=O) groups excluding carboxylic acids is 2. The zero-order chi connectivity index (χ0) is 23.0. The van der Waals surface area contributed by atoms with Crippen molar-refractivity contribution in [2.75, 3.05) is 13.2 Å². The highest BCUT2D eigenvalue weighted by atomic mass is 19.1. The van der Waals surface area contributed by atoms with Gasteiger partial charge in [0.1, 0.15) is 17.6 Å². The monoisotopic (exact) mass is 428 g/mol. The minimum absolute atomic E-state index is 0.178. The number of hydrogen-bond acceptors (Lipinski definition) is 3. The summed E-state index contributed by atoms with van der Waals surface area (Å²) < 4.78 is 19.2. The van der Waals surface area contributed by atoms with E-state index in [1.165, 1.54) is 17.0 Å². The lowest BCUT2D eigenvalue weighted by atomic mass is 10.1. The normalized spacial score (nSPS) is 11.7. The van der Waals surface area contributed by atoms with E-state index in [4.69, 9.17) is 4.74 Å². The molecule has 0 saturated heterocycles. The average Bonchev–Trinajstić information content (AvgIpc) is 2.74. The molecule has 2 amide bonds. The topological polar surface area (TPSA) is 58.6 Å². The molecule has 168 valence electrons. The third-order valence-corrected chi connectivity index (χ3v) is 5.32. The molecule has 0 aliphatic heterocycles. The molecule has 6 heteroatoms. The Kier molecular flexibility index (Phi) is 9.03. The van der Waals surface area contributed by atoms with Crippen LogP contribution in [0.15, 0.2) is 36.4 Å². The van der Waals surface area contributed by atoms with Crippen molar-refractivity contribution in [3.63, 3.8) is 0 Å². The van der Waals surface area contributed by atoms with Crippen LogP contribution in [0.25, 0.3) is 0 Å². The fourth-order valence-corrected chi connectivity index (χ4v) is 3.45. The first-order valence-corrected chi connectivity index (χ1v) is 10.8. The summed E-state index contributed by atoms with van der Waals surface area (Å²) in [4.78, 5) is 27.5. The average molecular weight is 429 g/mol. The van der Waals surface area contributed by atoms with Gasteiger partial charge in [0.2, 0.25) is 5.91 Å². The van der Waals surface area contributed by atoms with Crippen molar-refractivity contribution < 1.29 is 18.7 Å². The molecule has 31 heavy (non-hydrogen) atoms. The summed E-state index contributed by atoms with van der Waals surface area (Å²) in [5.41, 5.74) is 3.88. The summed E-state index contributed by atoms with van der Waals surface area (Å²) in [7, 11) is 0. The van der Waals surface area contributed by atoms with Crippen LogP contribution in [0.5, 0.6) is 5.75 Å². The minimum Gasteiger partial charge on any atom is -0.483 e. The number of carbonyl (C=O) groups is 2. The van der Waals surface area contributed by atoms with Crippen LogP contribution in [-0.4, -0.2) is 35.9 Å². The second-order valence-electron chi connectivity index (χ2n) is 7.86. The van der Waals surface area contributed by atoms with Crippen LogP contribution in [0.2, 0.25) is 0 Å². The number of nitrogens with zero attached hydrogens (tertiary/aromatic N) is 1. The van der Waals surface area contributed by atoms with E-state index in [-0.39, 0.29) is 30.8 Å². The van der Waals surface area contributed by atoms with E-state index in [0.717, 1.165) is 28.7 Å². The zero-order valence-corrected chi connectivity index (χ0v) is 19.1. The van der Waals surface area contributed by atoms with Crippen molar-refractivity contribution in [2.24, 2.45) is 0 Å². The van der Waals surface area contributed by atoms with E-state index in [1.54, 1.807) is 12.1 Å². The molecule has 0 aromatic heterocycles. The Morgan fingerprint density at radius 2 is 1.77 bits per heavy atom. The highest BCUT2D eigenvalue weighted by Crippen LogP contribution is 2.23. The van der Waals surface area contributed by atoms with Gasteiger partial charge in [0.15, 0.2) is 6.61 Å². The molecular weight excluding hydrogens is 395 g/mol. The predicted molar refractivity (Wildman–Crippen MR) is 120 cm³/mol. The van der Waals surface area contributed by atoms with E-state index in [2.05, 4.69) is 11.4 Å². The first-order valence-electron chi connectivity index (χ1n) is 10.8. The molecule has 0 saturated carbocycles. The van der Waals surface area contributed by atoms with Crippen molar-refractivity contribution in [3.8, 4) is 5.75 Å². The smallest absolute Gasteiger partial charge is 0.261 e. The summed E-state index contributed by atoms with van der Waals surface area (Å²) in [5, 5.41) is 2.88. The Labute approximate surface area is 184 Å². The number of rotatable bonds is 10. The maximum atomic E-state index is 13.3. The number of hydrogen-bond donors (Lipinski definition) is 1. The molecule has 0 heterocycles. The Morgan fingerprint density at radius 1 is 1.10 bits per heavy atom. The predicted octanol–water partition coefficient (Wildman–Crippen LogP) is 4.46. The van der Waals surface area contributed by atoms with E-state index < -0.39 is 6.04 Å². The summed E-state index contributed by atoms with van der Waals surface area (Å²) in [6, 6.07) is 9.30. The third-order valence-electron chi connectivity index (χ3n) is 5.32. The second kappa shape index (κ2) is 11.5. The highest BCUT2D eigenvalue weighted by Gasteiger charge is 2.29. The standard InChI is InChI=1S/C25H33FN2O3/c1-6-12-27-25(30)22(7-2)28(15-20-8-10-21(26)11-9-20)24(29)16-31-23-14-17(3)13-18(4)19(23)5/h8-11,13-14,22H,6-7,12,15-16H2,1-5H3,(H,27,30). The van der Waals surface area contributed by atoms with Crippen molar-refractivity contribution in [3.05, 3.63) is 64.5 Å². The summed E-state index contributed by atoms with van der Waals surface area (Å²) in [6.45, 7) is 10.4. The van der Waals surface area contributed by atoms with Gasteiger partial charge < -0.3 is 15.0 Å². The maximum Gasteiger partial charge on any atom is 0.261 e. The first-order chi connectivity index (χ1) is 14.8. The van der Waals surface area contributed by atoms with E-state index in [1.807, 2.05) is 40.7 Å². The van der Waals surface area contributed by atoms with Crippen LogP contribution in [0.1, 0.15) is 48.9 Å². The molecule has 0 aliphatic carbocycles. The van der Waals surface area contributed by atoms with Crippen LogP contribution in [-0.2, 0) is 16.1 Å². The van der Waals surface area contributed by atoms with Gasteiger partial charge in [0.25, 0.3) is 5.91 Å². The summed E-state index contributed by atoms with van der Waals surface area (Å²) >= 11 is 0. The van der Waals surface area contributed by atoms with E-state index in [9.17, 15) is 14.0 Å². The molecule has 0 fully saturated rings. The van der Waals surface area contributed by atoms with Gasteiger partial charge in [0.05, 0.1) is 0 Å². The lowest BCUT2D eigenvalue weighted by Gasteiger charge is -2.30. The molecule has 0 bridgehead atoms. The fourth-order valence-electron chi connectivity index (χ4n) is 3.45.